The van der Waals surface area contributed by atoms with Gasteiger partial charge in [0.2, 0.25) is 0 Å². The van der Waals surface area contributed by atoms with Crippen molar-refractivity contribution in [1.82, 2.24) is 4.98 Å². The molecule has 0 saturated carbocycles. The number of nitriles is 1. The number of pyridine rings is 1. The van der Waals surface area contributed by atoms with Crippen molar-refractivity contribution < 1.29 is 17.6 Å². The molecule has 0 amide bonds. The summed E-state index contributed by atoms with van der Waals surface area (Å²) < 4.78 is 51.0. The third kappa shape index (κ3) is 2.94. The lowest BCUT2D eigenvalue weighted by Crippen LogP contribution is -2.08. The zero-order valence-electron chi connectivity index (χ0n) is 10.0. The van der Waals surface area contributed by atoms with E-state index >= 15 is 0 Å². The average molecular weight is 280 g/mol. The minimum absolute atomic E-state index is 0.0621. The summed E-state index contributed by atoms with van der Waals surface area (Å²) in [4.78, 5) is 3.79. The van der Waals surface area contributed by atoms with Gasteiger partial charge in [0, 0.05) is 6.20 Å². The molecule has 0 aliphatic rings. The molecule has 0 aliphatic carbocycles. The maximum absolute atomic E-state index is 13.1. The Hall–Kier alpha value is -2.42. The fourth-order valence-corrected chi connectivity index (χ4v) is 1.78. The van der Waals surface area contributed by atoms with E-state index in [4.69, 9.17) is 5.26 Å². The molecular weight excluding hydrogens is 272 g/mol. The van der Waals surface area contributed by atoms with Crippen molar-refractivity contribution in [2.45, 2.75) is 12.1 Å². The summed E-state index contributed by atoms with van der Waals surface area (Å²) >= 11 is 0. The van der Waals surface area contributed by atoms with Crippen LogP contribution in [0, 0.1) is 17.1 Å². The van der Waals surface area contributed by atoms with Gasteiger partial charge in [0.05, 0.1) is 17.3 Å². The summed E-state index contributed by atoms with van der Waals surface area (Å²) in [5, 5.41) is 9.12. The van der Waals surface area contributed by atoms with Gasteiger partial charge in [-0.3, -0.25) is 4.98 Å². The summed E-state index contributed by atoms with van der Waals surface area (Å²) in [6, 6.07) is 8.63. The number of benzene rings is 1. The molecule has 0 aliphatic heterocycles. The Bertz CT molecular complexity index is 659. The average Bonchev–Trinajstić information content (AvgIpc) is 2.39. The van der Waals surface area contributed by atoms with Gasteiger partial charge < -0.3 is 0 Å². The Morgan fingerprint density at radius 2 is 1.90 bits per heavy atom. The number of nitrogens with zero attached hydrogens (tertiary/aromatic N) is 2. The second kappa shape index (κ2) is 5.29. The summed E-state index contributed by atoms with van der Waals surface area (Å²) in [7, 11) is 0. The van der Waals surface area contributed by atoms with Gasteiger partial charge in [-0.1, -0.05) is 12.1 Å². The zero-order chi connectivity index (χ0) is 14.8. The third-order valence-corrected chi connectivity index (χ3v) is 2.72. The number of halogens is 4. The first-order chi connectivity index (χ1) is 9.41. The van der Waals surface area contributed by atoms with Crippen LogP contribution in [0.1, 0.15) is 22.7 Å². The van der Waals surface area contributed by atoms with Gasteiger partial charge in [-0.2, -0.15) is 18.4 Å². The first-order valence-corrected chi connectivity index (χ1v) is 5.60. The molecule has 0 fully saturated rings. The van der Waals surface area contributed by atoms with E-state index in [1.54, 1.807) is 0 Å². The van der Waals surface area contributed by atoms with Crippen LogP contribution in [0.3, 0.4) is 0 Å². The standard InChI is InChI=1S/C14H8F4N2/c15-11-3-1-2-9(6-11)12(8-19)13-7-10(4-5-20-13)14(16,17)18/h1-7,12H. The first-order valence-electron chi connectivity index (χ1n) is 5.60. The summed E-state index contributed by atoms with van der Waals surface area (Å²) in [6.07, 6.45) is -3.53. The predicted molar refractivity (Wildman–Crippen MR) is 63.1 cm³/mol. The van der Waals surface area contributed by atoms with Crippen molar-refractivity contribution in [1.29, 1.82) is 5.26 Å². The van der Waals surface area contributed by atoms with Crippen molar-refractivity contribution in [3.63, 3.8) is 0 Å². The second-order valence-corrected chi connectivity index (χ2v) is 4.08. The predicted octanol–water partition coefficient (Wildman–Crippen LogP) is 3.89. The van der Waals surface area contributed by atoms with E-state index in [0.717, 1.165) is 24.4 Å². The maximum Gasteiger partial charge on any atom is 0.416 e. The van der Waals surface area contributed by atoms with Crippen LogP contribution in [-0.2, 0) is 6.18 Å². The topological polar surface area (TPSA) is 36.7 Å². The normalized spacial score (nSPS) is 12.8. The van der Waals surface area contributed by atoms with Gasteiger partial charge in [-0.15, -0.1) is 0 Å². The van der Waals surface area contributed by atoms with Gasteiger partial charge >= 0.3 is 6.18 Å². The molecule has 0 spiro atoms. The highest BCUT2D eigenvalue weighted by Crippen LogP contribution is 2.31. The smallest absolute Gasteiger partial charge is 0.260 e. The summed E-state index contributed by atoms with van der Waals surface area (Å²) in [6.45, 7) is 0. The van der Waals surface area contributed by atoms with E-state index in [2.05, 4.69) is 4.98 Å². The molecule has 0 saturated heterocycles. The highest BCUT2D eigenvalue weighted by Gasteiger charge is 2.31. The van der Waals surface area contributed by atoms with E-state index in [1.807, 2.05) is 6.07 Å². The van der Waals surface area contributed by atoms with Gasteiger partial charge in [-0.05, 0) is 29.8 Å². The van der Waals surface area contributed by atoms with Crippen molar-refractivity contribution in [2.75, 3.05) is 0 Å². The Kier molecular flexibility index (Phi) is 3.70. The Labute approximate surface area is 112 Å². The van der Waals surface area contributed by atoms with Crippen LogP contribution < -0.4 is 0 Å². The number of alkyl halides is 3. The van der Waals surface area contributed by atoms with Crippen LogP contribution >= 0.6 is 0 Å². The van der Waals surface area contributed by atoms with Crippen LogP contribution in [0.4, 0.5) is 17.6 Å². The van der Waals surface area contributed by atoms with Gasteiger partial charge in [0.15, 0.2) is 0 Å². The SMILES string of the molecule is N#CC(c1cccc(F)c1)c1cc(C(F)(F)F)ccn1. The first kappa shape index (κ1) is 14.0. The van der Waals surface area contributed by atoms with Crippen LogP contribution in [0.2, 0.25) is 0 Å². The highest BCUT2D eigenvalue weighted by molar-refractivity contribution is 5.36. The molecule has 0 radical (unpaired) electrons. The fourth-order valence-electron chi connectivity index (χ4n) is 1.78. The monoisotopic (exact) mass is 280 g/mol. The quantitative estimate of drug-likeness (QED) is 0.782. The molecule has 102 valence electrons. The number of hydrogen-bond acceptors (Lipinski definition) is 2. The van der Waals surface area contributed by atoms with Gasteiger partial charge in [-0.25, -0.2) is 4.39 Å². The van der Waals surface area contributed by atoms with Crippen molar-refractivity contribution >= 4 is 0 Å². The lowest BCUT2D eigenvalue weighted by atomic mass is 9.95. The lowest BCUT2D eigenvalue weighted by molar-refractivity contribution is -0.137. The van der Waals surface area contributed by atoms with Gasteiger partial charge in [0.25, 0.3) is 0 Å². The molecule has 6 heteroatoms. The van der Waals surface area contributed by atoms with Crippen LogP contribution in [0.15, 0.2) is 42.6 Å². The van der Waals surface area contributed by atoms with E-state index in [9.17, 15) is 17.6 Å². The summed E-state index contributed by atoms with van der Waals surface area (Å²) in [5.41, 5.74) is -0.689. The van der Waals surface area contributed by atoms with E-state index in [1.165, 1.54) is 18.2 Å². The van der Waals surface area contributed by atoms with E-state index < -0.39 is 23.5 Å². The number of aromatic nitrogens is 1. The fraction of sp³-hybridized carbons (Fsp3) is 0.143. The molecular formula is C14H8F4N2. The Morgan fingerprint density at radius 3 is 2.50 bits per heavy atom. The molecule has 1 aromatic carbocycles. The van der Waals surface area contributed by atoms with E-state index in [0.29, 0.717) is 0 Å². The number of hydrogen-bond donors (Lipinski definition) is 0. The van der Waals surface area contributed by atoms with Gasteiger partial charge in [0.1, 0.15) is 11.7 Å². The van der Waals surface area contributed by atoms with E-state index in [-0.39, 0.29) is 11.3 Å². The lowest BCUT2D eigenvalue weighted by Gasteiger charge is -2.12. The Morgan fingerprint density at radius 1 is 1.15 bits per heavy atom. The highest BCUT2D eigenvalue weighted by atomic mass is 19.4. The molecule has 1 atom stereocenters. The molecule has 1 unspecified atom stereocenters. The molecule has 0 N–H and O–H groups in total. The second-order valence-electron chi connectivity index (χ2n) is 4.08. The van der Waals surface area contributed by atoms with Crippen LogP contribution in [0.25, 0.3) is 0 Å². The molecule has 1 heterocycles. The molecule has 0 bridgehead atoms. The molecule has 1 aromatic heterocycles. The molecule has 2 rings (SSSR count). The Balaban J connectivity index is 2.46. The molecule has 2 aromatic rings. The minimum Gasteiger partial charge on any atom is -0.260 e. The summed E-state index contributed by atoms with van der Waals surface area (Å²) in [5.74, 6) is -1.61. The largest absolute Gasteiger partial charge is 0.416 e. The zero-order valence-corrected chi connectivity index (χ0v) is 10.0. The van der Waals surface area contributed by atoms with Crippen LogP contribution in [0.5, 0.6) is 0 Å². The molecule has 2 nitrogen and oxygen atoms in total. The van der Waals surface area contributed by atoms with Crippen LogP contribution in [-0.4, -0.2) is 4.98 Å². The minimum atomic E-state index is -4.51. The van der Waals surface area contributed by atoms with Crippen molar-refractivity contribution in [2.24, 2.45) is 0 Å². The van der Waals surface area contributed by atoms with Crippen molar-refractivity contribution in [3.05, 3.63) is 65.2 Å². The maximum atomic E-state index is 13.1. The number of rotatable bonds is 2. The van der Waals surface area contributed by atoms with Crippen molar-refractivity contribution in [3.8, 4) is 6.07 Å². The third-order valence-electron chi connectivity index (χ3n) is 2.72. The molecule has 20 heavy (non-hydrogen) atoms.